The molecule has 0 fully saturated rings. The van der Waals surface area contributed by atoms with Crippen LogP contribution in [-0.2, 0) is 0 Å². The normalized spacial score (nSPS) is 14.8. The van der Waals surface area contributed by atoms with E-state index in [1.54, 1.807) is 14.2 Å². The van der Waals surface area contributed by atoms with Crippen LogP contribution in [0.15, 0.2) is 47.6 Å². The summed E-state index contributed by atoms with van der Waals surface area (Å²) in [6.45, 7) is 2.04. The van der Waals surface area contributed by atoms with Gasteiger partial charge in [-0.25, -0.2) is 0 Å². The minimum absolute atomic E-state index is 0.429. The van der Waals surface area contributed by atoms with Crippen LogP contribution in [0, 0.1) is 0 Å². The Labute approximate surface area is 167 Å². The van der Waals surface area contributed by atoms with E-state index in [4.69, 9.17) is 14.2 Å². The Bertz CT molecular complexity index is 999. The van der Waals surface area contributed by atoms with E-state index < -0.39 is 6.23 Å². The Balaban J connectivity index is 1.86. The maximum absolute atomic E-state index is 6.28. The number of nitrogens with one attached hydrogen (secondary N) is 1. The number of rotatable bonds is 5. The summed E-state index contributed by atoms with van der Waals surface area (Å²) in [5.74, 6) is 2.51. The molecule has 1 N–H and O–H groups in total. The van der Waals surface area contributed by atoms with Gasteiger partial charge in [0.2, 0.25) is 17.3 Å². The van der Waals surface area contributed by atoms with E-state index in [9.17, 15) is 0 Å². The van der Waals surface area contributed by atoms with Gasteiger partial charge >= 0.3 is 0 Å². The Morgan fingerprint density at radius 2 is 1.93 bits per heavy atom. The molecule has 0 bridgehead atoms. The fourth-order valence-corrected chi connectivity index (χ4v) is 3.60. The number of nitrogens with zero attached hydrogens (tertiary/aromatic N) is 3. The third-order valence-electron chi connectivity index (χ3n) is 4.32. The molecule has 1 aliphatic rings. The molecule has 0 aliphatic carbocycles. The molecule has 8 heteroatoms. The summed E-state index contributed by atoms with van der Waals surface area (Å²) < 4.78 is 17.3. The summed E-state index contributed by atoms with van der Waals surface area (Å²) in [5.41, 5.74) is 3.17. The summed E-state index contributed by atoms with van der Waals surface area (Å²) in [5, 5.41) is 12.6. The Morgan fingerprint density at radius 3 is 2.71 bits per heavy atom. The molecule has 1 atom stereocenters. The molecule has 1 aromatic heterocycles. The number of hydrogen-bond acceptors (Lipinski definition) is 8. The average molecular weight is 396 g/mol. The van der Waals surface area contributed by atoms with Crippen molar-refractivity contribution in [2.45, 2.75) is 18.3 Å². The van der Waals surface area contributed by atoms with E-state index >= 15 is 0 Å². The van der Waals surface area contributed by atoms with Crippen LogP contribution in [0.1, 0.15) is 18.7 Å². The maximum Gasteiger partial charge on any atom is 0.247 e. The van der Waals surface area contributed by atoms with Gasteiger partial charge in [0.25, 0.3) is 0 Å². The maximum atomic E-state index is 6.28. The summed E-state index contributed by atoms with van der Waals surface area (Å²) >= 11 is 1.52. The molecule has 7 nitrogen and oxygen atoms in total. The Morgan fingerprint density at radius 1 is 1.07 bits per heavy atom. The van der Waals surface area contributed by atoms with Crippen LogP contribution in [0.3, 0.4) is 0 Å². The predicted octanol–water partition coefficient (Wildman–Crippen LogP) is 4.17. The van der Waals surface area contributed by atoms with E-state index in [1.807, 2.05) is 49.4 Å². The lowest BCUT2D eigenvalue weighted by atomic mass is 10.1. The molecule has 144 valence electrons. The summed E-state index contributed by atoms with van der Waals surface area (Å²) in [4.78, 5) is 4.59. The van der Waals surface area contributed by atoms with Gasteiger partial charge in [-0.1, -0.05) is 43.0 Å². The number of fused-ring (bicyclic) bond motifs is 3. The average Bonchev–Trinajstić information content (AvgIpc) is 2.89. The lowest BCUT2D eigenvalue weighted by Gasteiger charge is -2.22. The molecule has 0 saturated heterocycles. The van der Waals surface area contributed by atoms with Gasteiger partial charge in [-0.15, -0.1) is 10.2 Å². The number of aromatic nitrogens is 3. The smallest absolute Gasteiger partial charge is 0.247 e. The molecule has 0 unspecified atom stereocenters. The van der Waals surface area contributed by atoms with Crippen LogP contribution in [0.4, 0.5) is 5.69 Å². The first kappa shape index (κ1) is 18.4. The van der Waals surface area contributed by atoms with Crippen molar-refractivity contribution >= 4 is 17.4 Å². The van der Waals surface area contributed by atoms with Crippen LogP contribution in [0.2, 0.25) is 0 Å². The lowest BCUT2D eigenvalue weighted by molar-refractivity contribution is 0.218. The molecule has 0 amide bonds. The standard InChI is InChI=1S/C20H20N4O3S/c1-4-28-20-22-19-16(23-24-20)12-8-5-6-10-14(12)21-18(27-19)13-9-7-11-15(25-2)17(13)26-3/h5-11,18,21H,4H2,1-3H3/t18-/m0/s1. The highest BCUT2D eigenvalue weighted by Gasteiger charge is 2.28. The fourth-order valence-electron chi connectivity index (χ4n) is 3.10. The molecule has 0 saturated carbocycles. The van der Waals surface area contributed by atoms with Gasteiger partial charge in [-0.05, 0) is 24.0 Å². The van der Waals surface area contributed by atoms with Gasteiger partial charge in [-0.3, -0.25) is 0 Å². The zero-order valence-corrected chi connectivity index (χ0v) is 16.6. The molecular formula is C20H20N4O3S. The second-order valence-corrected chi connectivity index (χ2v) is 7.18. The number of benzene rings is 2. The van der Waals surface area contributed by atoms with Crippen molar-refractivity contribution in [1.82, 2.24) is 15.2 Å². The SMILES string of the molecule is CCSc1nnc2c(n1)O[C@@H](c1cccc(OC)c1OC)Nc1ccccc1-2. The van der Waals surface area contributed by atoms with E-state index in [0.717, 1.165) is 22.6 Å². The van der Waals surface area contributed by atoms with E-state index in [2.05, 4.69) is 20.5 Å². The number of ether oxygens (including phenoxy) is 3. The highest BCUT2D eigenvalue weighted by Crippen LogP contribution is 2.42. The van der Waals surface area contributed by atoms with Gasteiger partial charge in [0.1, 0.15) is 0 Å². The zero-order valence-electron chi connectivity index (χ0n) is 15.8. The van der Waals surface area contributed by atoms with Crippen molar-refractivity contribution in [3.63, 3.8) is 0 Å². The number of para-hydroxylation sites is 2. The first-order valence-electron chi connectivity index (χ1n) is 8.86. The van der Waals surface area contributed by atoms with Crippen molar-refractivity contribution < 1.29 is 14.2 Å². The van der Waals surface area contributed by atoms with Crippen LogP contribution < -0.4 is 19.5 Å². The Kier molecular flexibility index (Phi) is 5.21. The van der Waals surface area contributed by atoms with Crippen molar-refractivity contribution in [3.05, 3.63) is 48.0 Å². The summed E-state index contributed by atoms with van der Waals surface area (Å²) in [6, 6.07) is 13.5. The van der Waals surface area contributed by atoms with Crippen molar-refractivity contribution in [2.75, 3.05) is 25.3 Å². The fraction of sp³-hybridized carbons (Fsp3) is 0.250. The number of thioether (sulfide) groups is 1. The predicted molar refractivity (Wildman–Crippen MR) is 108 cm³/mol. The van der Waals surface area contributed by atoms with Gasteiger partial charge in [0.05, 0.1) is 19.8 Å². The van der Waals surface area contributed by atoms with Gasteiger partial charge in [-0.2, -0.15) is 4.98 Å². The third kappa shape index (κ3) is 3.31. The Hall–Kier alpha value is -3.00. The van der Waals surface area contributed by atoms with Crippen molar-refractivity contribution in [1.29, 1.82) is 0 Å². The van der Waals surface area contributed by atoms with Crippen LogP contribution in [0.25, 0.3) is 11.3 Å². The van der Waals surface area contributed by atoms with Gasteiger partial charge < -0.3 is 19.5 Å². The number of hydrogen-bond donors (Lipinski definition) is 1. The number of methoxy groups -OCH3 is 2. The van der Waals surface area contributed by atoms with Gasteiger partial charge in [0, 0.05) is 11.3 Å². The molecule has 2 aromatic carbocycles. The molecule has 3 aromatic rings. The molecule has 2 heterocycles. The van der Waals surface area contributed by atoms with Crippen molar-refractivity contribution in [2.24, 2.45) is 0 Å². The summed E-state index contributed by atoms with van der Waals surface area (Å²) in [6.07, 6.45) is -0.538. The molecule has 4 rings (SSSR count). The molecule has 0 spiro atoms. The van der Waals surface area contributed by atoms with E-state index in [1.165, 1.54) is 11.8 Å². The van der Waals surface area contributed by atoms with E-state index in [-0.39, 0.29) is 0 Å². The minimum atomic E-state index is -0.538. The minimum Gasteiger partial charge on any atom is -0.493 e. The van der Waals surface area contributed by atoms with Crippen molar-refractivity contribution in [3.8, 4) is 28.6 Å². The molecule has 0 radical (unpaired) electrons. The second-order valence-electron chi connectivity index (χ2n) is 5.95. The molecule has 28 heavy (non-hydrogen) atoms. The highest BCUT2D eigenvalue weighted by molar-refractivity contribution is 7.99. The topological polar surface area (TPSA) is 78.4 Å². The monoisotopic (exact) mass is 396 g/mol. The quantitative estimate of drug-likeness (QED) is 0.644. The molecular weight excluding hydrogens is 376 g/mol. The zero-order chi connectivity index (χ0) is 19.5. The first-order chi connectivity index (χ1) is 13.7. The van der Waals surface area contributed by atoms with Crippen LogP contribution >= 0.6 is 11.8 Å². The number of anilines is 1. The molecule has 1 aliphatic heterocycles. The van der Waals surface area contributed by atoms with Crippen LogP contribution in [-0.4, -0.2) is 35.2 Å². The van der Waals surface area contributed by atoms with Gasteiger partial charge in [0.15, 0.2) is 17.2 Å². The lowest BCUT2D eigenvalue weighted by Crippen LogP contribution is -2.18. The van der Waals surface area contributed by atoms with Crippen LogP contribution in [0.5, 0.6) is 17.4 Å². The third-order valence-corrected chi connectivity index (χ3v) is 5.04. The summed E-state index contributed by atoms with van der Waals surface area (Å²) in [7, 11) is 3.22. The van der Waals surface area contributed by atoms with E-state index in [0.29, 0.717) is 28.2 Å². The second kappa shape index (κ2) is 7.93. The first-order valence-corrected chi connectivity index (χ1v) is 9.84. The highest BCUT2D eigenvalue weighted by atomic mass is 32.2. The largest absolute Gasteiger partial charge is 0.493 e.